The van der Waals surface area contributed by atoms with E-state index in [0.717, 1.165) is 46.9 Å². The maximum Gasteiger partial charge on any atom is 0.258 e. The second kappa shape index (κ2) is 7.52. The molecule has 2 aromatic heterocycles. The maximum atomic E-state index is 13.2. The molecule has 6 nitrogen and oxygen atoms in total. The molecule has 0 radical (unpaired) electrons. The number of anilines is 1. The van der Waals surface area contributed by atoms with Crippen molar-refractivity contribution in [3.05, 3.63) is 76.7 Å². The van der Waals surface area contributed by atoms with E-state index in [0.29, 0.717) is 23.4 Å². The van der Waals surface area contributed by atoms with Crippen molar-refractivity contribution in [3.63, 3.8) is 0 Å². The molecule has 33 heavy (non-hydrogen) atoms. The van der Waals surface area contributed by atoms with Gasteiger partial charge in [-0.15, -0.1) is 0 Å². The molecule has 1 unspecified atom stereocenters. The number of nitrogens with one attached hydrogen (secondary N) is 1. The van der Waals surface area contributed by atoms with Crippen molar-refractivity contribution in [2.45, 2.75) is 32.9 Å². The van der Waals surface area contributed by atoms with Crippen molar-refractivity contribution in [1.29, 1.82) is 0 Å². The predicted molar refractivity (Wildman–Crippen MR) is 135 cm³/mol. The fourth-order valence-corrected chi connectivity index (χ4v) is 5.33. The Kier molecular flexibility index (Phi) is 4.59. The molecule has 0 saturated carbocycles. The van der Waals surface area contributed by atoms with Crippen LogP contribution in [0.3, 0.4) is 0 Å². The number of benzene rings is 1. The summed E-state index contributed by atoms with van der Waals surface area (Å²) in [5.74, 6) is 0.272. The van der Waals surface area contributed by atoms with E-state index in [4.69, 9.17) is 9.98 Å². The summed E-state index contributed by atoms with van der Waals surface area (Å²) < 4.78 is 1.66. The van der Waals surface area contributed by atoms with E-state index in [-0.39, 0.29) is 11.5 Å². The summed E-state index contributed by atoms with van der Waals surface area (Å²) in [5, 5.41) is 3.56. The minimum Gasteiger partial charge on any atom is -0.367 e. The first-order chi connectivity index (χ1) is 16.0. The Labute approximate surface area is 193 Å². The minimum atomic E-state index is -0.0734. The number of aliphatic imine (C=N–C) groups is 1. The van der Waals surface area contributed by atoms with E-state index in [1.54, 1.807) is 10.5 Å². The number of nitrogens with zero attached hydrogens (tertiary/aromatic N) is 4. The lowest BCUT2D eigenvalue weighted by Gasteiger charge is -2.37. The van der Waals surface area contributed by atoms with Gasteiger partial charge in [0, 0.05) is 60.1 Å². The lowest BCUT2D eigenvalue weighted by Crippen LogP contribution is -2.54. The first kappa shape index (κ1) is 20.1. The Morgan fingerprint density at radius 3 is 2.70 bits per heavy atom. The molecule has 6 heteroatoms. The average molecular weight is 438 g/mol. The lowest BCUT2D eigenvalue weighted by atomic mass is 9.88. The highest BCUT2D eigenvalue weighted by Crippen LogP contribution is 2.43. The third-order valence-corrected chi connectivity index (χ3v) is 6.77. The highest BCUT2D eigenvalue weighted by atomic mass is 16.1. The zero-order chi connectivity index (χ0) is 22.7. The summed E-state index contributed by atoms with van der Waals surface area (Å²) in [4.78, 5) is 25.3. The van der Waals surface area contributed by atoms with Gasteiger partial charge in [-0.3, -0.25) is 14.2 Å². The van der Waals surface area contributed by atoms with Crippen LogP contribution in [0.15, 0.2) is 70.6 Å². The normalized spacial score (nSPS) is 23.8. The largest absolute Gasteiger partial charge is 0.367 e. The molecule has 1 aliphatic carbocycles. The van der Waals surface area contributed by atoms with Gasteiger partial charge in [-0.2, -0.15) is 0 Å². The van der Waals surface area contributed by atoms with Gasteiger partial charge in [0.25, 0.3) is 5.56 Å². The topological polar surface area (TPSA) is 62.0 Å². The van der Waals surface area contributed by atoms with Crippen LogP contribution < -0.4 is 15.8 Å². The third-order valence-electron chi connectivity index (χ3n) is 6.77. The van der Waals surface area contributed by atoms with Crippen molar-refractivity contribution in [1.82, 2.24) is 14.7 Å². The fourth-order valence-electron chi connectivity index (χ4n) is 5.33. The van der Waals surface area contributed by atoms with Crippen LogP contribution in [-0.4, -0.2) is 40.3 Å². The highest BCUT2D eigenvalue weighted by molar-refractivity contribution is 6.32. The Morgan fingerprint density at radius 1 is 1.06 bits per heavy atom. The molecule has 1 aromatic carbocycles. The van der Waals surface area contributed by atoms with Gasteiger partial charge in [-0.1, -0.05) is 37.3 Å². The van der Waals surface area contributed by atoms with Crippen LogP contribution in [0.4, 0.5) is 11.4 Å². The molecule has 0 bridgehead atoms. The Hall–Kier alpha value is -3.51. The SMILES string of the molecule is CC1C=CC=C2C1=Nc1cccc(-c3cc(=O)n4cc(N5C[C@@H](C)N[C@@H](C)C5)ccc4n3)c12. The van der Waals surface area contributed by atoms with Crippen LogP contribution in [0.25, 0.3) is 22.5 Å². The van der Waals surface area contributed by atoms with Gasteiger partial charge in [-0.25, -0.2) is 4.98 Å². The van der Waals surface area contributed by atoms with E-state index in [1.165, 1.54) is 0 Å². The van der Waals surface area contributed by atoms with E-state index in [1.807, 2.05) is 30.5 Å². The van der Waals surface area contributed by atoms with Crippen molar-refractivity contribution < 1.29 is 0 Å². The average Bonchev–Trinajstić information content (AvgIpc) is 3.18. The number of rotatable bonds is 2. The number of piperazine rings is 1. The van der Waals surface area contributed by atoms with E-state index >= 15 is 0 Å². The number of hydrogen-bond donors (Lipinski definition) is 1. The Bertz CT molecular complexity index is 1420. The summed E-state index contributed by atoms with van der Waals surface area (Å²) in [7, 11) is 0. The second-order valence-corrected chi connectivity index (χ2v) is 9.42. The van der Waals surface area contributed by atoms with Gasteiger partial charge in [-0.05, 0) is 32.0 Å². The van der Waals surface area contributed by atoms with Crippen LogP contribution in [0.1, 0.15) is 26.3 Å². The molecular weight excluding hydrogens is 410 g/mol. The number of fused-ring (bicyclic) bond motifs is 4. The van der Waals surface area contributed by atoms with Gasteiger partial charge in [0.1, 0.15) is 5.65 Å². The quantitative estimate of drug-likeness (QED) is 0.652. The molecule has 3 atom stereocenters. The fraction of sp³-hybridized carbons (Fsp3) is 0.296. The summed E-state index contributed by atoms with van der Waals surface area (Å²) in [6.07, 6.45) is 8.29. The zero-order valence-electron chi connectivity index (χ0n) is 19.1. The van der Waals surface area contributed by atoms with Crippen LogP contribution in [-0.2, 0) is 0 Å². The van der Waals surface area contributed by atoms with E-state index in [2.05, 4.69) is 55.3 Å². The molecule has 4 heterocycles. The predicted octanol–water partition coefficient (Wildman–Crippen LogP) is 4.22. The Balaban J connectivity index is 1.43. The molecule has 166 valence electrons. The standard InChI is InChI=1S/C27H27N5O/c1-16-6-4-8-21-26-20(7-5-9-22(26)30-27(16)21)23-12-25(33)32-15-19(10-11-24(32)29-23)31-13-17(2)28-18(3)14-31/h4-12,15-18,28H,13-14H2,1-3H3/t16?,17-,18+. The zero-order valence-corrected chi connectivity index (χ0v) is 19.1. The molecule has 1 saturated heterocycles. The maximum absolute atomic E-state index is 13.2. The number of allylic oxidation sites excluding steroid dienone is 4. The van der Waals surface area contributed by atoms with E-state index in [9.17, 15) is 4.79 Å². The van der Waals surface area contributed by atoms with Crippen LogP contribution in [0.2, 0.25) is 0 Å². The molecular formula is C27H27N5O. The molecule has 0 spiro atoms. The summed E-state index contributed by atoms with van der Waals surface area (Å²) >= 11 is 0. The van der Waals surface area contributed by atoms with Crippen molar-refractivity contribution in [2.24, 2.45) is 10.9 Å². The Morgan fingerprint density at radius 2 is 1.88 bits per heavy atom. The van der Waals surface area contributed by atoms with Crippen molar-refractivity contribution in [3.8, 4) is 11.3 Å². The molecule has 6 rings (SSSR count). The summed E-state index contributed by atoms with van der Waals surface area (Å²) in [5.41, 5.74) is 7.50. The highest BCUT2D eigenvalue weighted by Gasteiger charge is 2.28. The minimum absolute atomic E-state index is 0.0734. The summed E-state index contributed by atoms with van der Waals surface area (Å²) in [6.45, 7) is 8.37. The number of pyridine rings is 1. The van der Waals surface area contributed by atoms with Gasteiger partial charge in [0.05, 0.1) is 22.8 Å². The van der Waals surface area contributed by atoms with Crippen LogP contribution in [0, 0.1) is 5.92 Å². The molecule has 0 amide bonds. The molecule has 3 aromatic rings. The first-order valence-corrected chi connectivity index (χ1v) is 11.6. The molecule has 1 fully saturated rings. The first-order valence-electron chi connectivity index (χ1n) is 11.6. The van der Waals surface area contributed by atoms with Gasteiger partial charge < -0.3 is 10.2 Å². The lowest BCUT2D eigenvalue weighted by molar-refractivity contribution is 0.407. The molecule has 1 N–H and O–H groups in total. The monoisotopic (exact) mass is 437 g/mol. The number of hydrogen-bond acceptors (Lipinski definition) is 5. The number of aromatic nitrogens is 2. The van der Waals surface area contributed by atoms with Gasteiger partial charge in [0.15, 0.2) is 0 Å². The molecule has 2 aliphatic heterocycles. The van der Waals surface area contributed by atoms with Crippen LogP contribution >= 0.6 is 0 Å². The van der Waals surface area contributed by atoms with Gasteiger partial charge >= 0.3 is 0 Å². The van der Waals surface area contributed by atoms with Crippen LogP contribution in [0.5, 0.6) is 0 Å². The molecule has 3 aliphatic rings. The second-order valence-electron chi connectivity index (χ2n) is 9.42. The summed E-state index contributed by atoms with van der Waals surface area (Å²) in [6, 6.07) is 12.5. The van der Waals surface area contributed by atoms with Crippen molar-refractivity contribution in [2.75, 3.05) is 18.0 Å². The van der Waals surface area contributed by atoms with Crippen molar-refractivity contribution >= 4 is 28.3 Å². The van der Waals surface area contributed by atoms with Gasteiger partial charge in [0.2, 0.25) is 0 Å². The smallest absolute Gasteiger partial charge is 0.258 e. The third kappa shape index (κ3) is 3.33. The van der Waals surface area contributed by atoms with E-state index < -0.39 is 0 Å².